The molecule has 0 fully saturated rings. The number of hydrogen-bond donors (Lipinski definition) is 2. The van der Waals surface area contributed by atoms with Gasteiger partial charge in [0, 0.05) is 21.4 Å². The van der Waals surface area contributed by atoms with Crippen LogP contribution in [0.25, 0.3) is 0 Å². The van der Waals surface area contributed by atoms with Crippen molar-refractivity contribution in [1.82, 2.24) is 0 Å². The largest absolute Gasteiger partial charge is 0.493 e. The number of carbonyl (C=O) groups excluding carboxylic acids is 2. The normalized spacial score (nSPS) is 10.4. The summed E-state index contributed by atoms with van der Waals surface area (Å²) < 4.78 is 6.58. The first-order valence-electron chi connectivity index (χ1n) is 10.2. The van der Waals surface area contributed by atoms with Crippen molar-refractivity contribution in [3.8, 4) is 5.75 Å². The summed E-state index contributed by atoms with van der Waals surface area (Å²) in [5.41, 5.74) is 3.36. The number of rotatable bonds is 8. The Morgan fingerprint density at radius 3 is 2.23 bits per heavy atom. The Labute approximate surface area is 191 Å². The van der Waals surface area contributed by atoms with Crippen LogP contribution in [-0.2, 0) is 0 Å². The third-order valence-electron chi connectivity index (χ3n) is 4.62. The predicted octanol–water partition coefficient (Wildman–Crippen LogP) is 6.44. The highest BCUT2D eigenvalue weighted by Gasteiger charge is 2.14. The number of nitrogens with one attached hydrogen (secondary N) is 2. The number of amides is 2. The first-order valence-corrected chi connectivity index (χ1v) is 11.0. The maximum atomic E-state index is 12.8. The van der Waals surface area contributed by atoms with E-state index >= 15 is 0 Å². The number of carbonyl (C=O) groups is 2. The van der Waals surface area contributed by atoms with Crippen molar-refractivity contribution in [3.63, 3.8) is 0 Å². The summed E-state index contributed by atoms with van der Waals surface area (Å²) in [6.07, 6.45) is 1.94. The third-order valence-corrected chi connectivity index (χ3v) is 5.12. The Morgan fingerprint density at radius 1 is 0.903 bits per heavy atom. The standard InChI is InChI=1S/C25H25BrN2O3/c1-3-4-14-31-23-13-8-19(26)16-22(23)25(30)28-21-11-9-20(10-12-21)27-24(29)18-7-5-6-17(2)15-18/h5-13,15-16H,3-4,14H2,1-2H3,(H,27,29)(H,28,30). The lowest BCUT2D eigenvalue weighted by Crippen LogP contribution is -2.14. The fourth-order valence-electron chi connectivity index (χ4n) is 2.96. The molecule has 0 heterocycles. The molecule has 0 aliphatic rings. The van der Waals surface area contributed by atoms with Gasteiger partial charge in [-0.05, 0) is 67.9 Å². The van der Waals surface area contributed by atoms with Gasteiger partial charge < -0.3 is 15.4 Å². The van der Waals surface area contributed by atoms with Gasteiger partial charge in [0.25, 0.3) is 11.8 Å². The van der Waals surface area contributed by atoms with Crippen molar-refractivity contribution in [2.45, 2.75) is 26.7 Å². The van der Waals surface area contributed by atoms with E-state index in [1.165, 1.54) is 0 Å². The second-order valence-electron chi connectivity index (χ2n) is 7.20. The summed E-state index contributed by atoms with van der Waals surface area (Å²) in [7, 11) is 0. The second kappa shape index (κ2) is 10.8. The molecule has 3 rings (SSSR count). The van der Waals surface area contributed by atoms with Gasteiger partial charge in [-0.2, -0.15) is 0 Å². The van der Waals surface area contributed by atoms with E-state index in [2.05, 4.69) is 33.5 Å². The minimum absolute atomic E-state index is 0.177. The number of unbranched alkanes of at least 4 members (excludes halogenated alkanes) is 1. The van der Waals surface area contributed by atoms with E-state index < -0.39 is 0 Å². The summed E-state index contributed by atoms with van der Waals surface area (Å²) in [5.74, 6) is 0.115. The Balaban J connectivity index is 1.66. The van der Waals surface area contributed by atoms with Crippen molar-refractivity contribution in [3.05, 3.63) is 87.9 Å². The minimum Gasteiger partial charge on any atom is -0.493 e. The van der Waals surface area contributed by atoms with Crippen molar-refractivity contribution in [1.29, 1.82) is 0 Å². The summed E-state index contributed by atoms with van der Waals surface area (Å²) in [4.78, 5) is 25.2. The molecule has 2 amide bonds. The van der Waals surface area contributed by atoms with Gasteiger partial charge in [0.15, 0.2) is 0 Å². The van der Waals surface area contributed by atoms with Gasteiger partial charge >= 0.3 is 0 Å². The SMILES string of the molecule is CCCCOc1ccc(Br)cc1C(=O)Nc1ccc(NC(=O)c2cccc(C)c2)cc1. The smallest absolute Gasteiger partial charge is 0.259 e. The van der Waals surface area contributed by atoms with Crippen molar-refractivity contribution in [2.24, 2.45) is 0 Å². The summed E-state index contributed by atoms with van der Waals surface area (Å²) >= 11 is 3.41. The van der Waals surface area contributed by atoms with E-state index in [0.29, 0.717) is 34.9 Å². The van der Waals surface area contributed by atoms with E-state index in [4.69, 9.17) is 4.74 Å². The summed E-state index contributed by atoms with van der Waals surface area (Å²) in [6, 6.07) is 19.8. The molecule has 0 aliphatic carbocycles. The first kappa shape index (κ1) is 22.6. The Hall–Kier alpha value is -3.12. The van der Waals surface area contributed by atoms with Crippen molar-refractivity contribution >= 4 is 39.1 Å². The number of hydrogen-bond acceptors (Lipinski definition) is 3. The fraction of sp³-hybridized carbons (Fsp3) is 0.200. The molecule has 160 valence electrons. The lowest BCUT2D eigenvalue weighted by Gasteiger charge is -2.13. The molecule has 2 N–H and O–H groups in total. The van der Waals surface area contributed by atoms with Crippen LogP contribution in [0.1, 0.15) is 46.0 Å². The maximum Gasteiger partial charge on any atom is 0.259 e. The molecule has 0 spiro atoms. The number of ether oxygens (including phenoxy) is 1. The third kappa shape index (κ3) is 6.43. The molecule has 0 radical (unpaired) electrons. The molecule has 3 aromatic rings. The average Bonchev–Trinajstić information content (AvgIpc) is 2.76. The molecule has 6 heteroatoms. The monoisotopic (exact) mass is 480 g/mol. The first-order chi connectivity index (χ1) is 15.0. The minimum atomic E-state index is -0.260. The molecule has 3 aromatic carbocycles. The van der Waals surface area contributed by atoms with E-state index in [1.54, 1.807) is 42.5 Å². The second-order valence-corrected chi connectivity index (χ2v) is 8.11. The quantitative estimate of drug-likeness (QED) is 0.364. The molecule has 31 heavy (non-hydrogen) atoms. The van der Waals surface area contributed by atoms with Gasteiger partial charge in [0.1, 0.15) is 5.75 Å². The highest BCUT2D eigenvalue weighted by molar-refractivity contribution is 9.10. The van der Waals surface area contributed by atoms with Gasteiger partial charge in [0.2, 0.25) is 0 Å². The van der Waals surface area contributed by atoms with Crippen LogP contribution in [0, 0.1) is 6.92 Å². The number of anilines is 2. The van der Waals surface area contributed by atoms with Crippen LogP contribution in [0.4, 0.5) is 11.4 Å². The van der Waals surface area contributed by atoms with Crippen LogP contribution in [0.3, 0.4) is 0 Å². The maximum absolute atomic E-state index is 12.8. The van der Waals surface area contributed by atoms with Crippen LogP contribution < -0.4 is 15.4 Å². The molecule has 0 saturated heterocycles. The van der Waals surface area contributed by atoms with E-state index in [0.717, 1.165) is 22.9 Å². The molecule has 0 aromatic heterocycles. The van der Waals surface area contributed by atoms with Gasteiger partial charge in [0.05, 0.1) is 12.2 Å². The number of halogens is 1. The van der Waals surface area contributed by atoms with E-state index in [1.807, 2.05) is 31.2 Å². The molecular weight excluding hydrogens is 456 g/mol. The summed E-state index contributed by atoms with van der Waals surface area (Å²) in [5, 5.41) is 5.75. The highest BCUT2D eigenvalue weighted by Crippen LogP contribution is 2.25. The Kier molecular flexibility index (Phi) is 7.84. The van der Waals surface area contributed by atoms with Crippen LogP contribution in [0.2, 0.25) is 0 Å². The van der Waals surface area contributed by atoms with Gasteiger partial charge in [-0.25, -0.2) is 0 Å². The van der Waals surface area contributed by atoms with E-state index in [-0.39, 0.29) is 11.8 Å². The lowest BCUT2D eigenvalue weighted by molar-refractivity contribution is 0.101. The van der Waals surface area contributed by atoms with Crippen LogP contribution in [0.15, 0.2) is 71.2 Å². The molecule has 0 unspecified atom stereocenters. The molecule has 5 nitrogen and oxygen atoms in total. The topological polar surface area (TPSA) is 67.4 Å². The molecule has 0 saturated carbocycles. The van der Waals surface area contributed by atoms with Crippen LogP contribution in [-0.4, -0.2) is 18.4 Å². The van der Waals surface area contributed by atoms with Gasteiger partial charge in [-0.15, -0.1) is 0 Å². The highest BCUT2D eigenvalue weighted by atomic mass is 79.9. The van der Waals surface area contributed by atoms with Gasteiger partial charge in [-0.3, -0.25) is 9.59 Å². The summed E-state index contributed by atoms with van der Waals surface area (Å²) in [6.45, 7) is 4.60. The van der Waals surface area contributed by atoms with Crippen LogP contribution in [0.5, 0.6) is 5.75 Å². The fourth-order valence-corrected chi connectivity index (χ4v) is 3.32. The number of aryl methyl sites for hydroxylation is 1. The predicted molar refractivity (Wildman–Crippen MR) is 128 cm³/mol. The Bertz CT molecular complexity index is 1060. The number of benzene rings is 3. The van der Waals surface area contributed by atoms with Gasteiger partial charge in [-0.1, -0.05) is 47.0 Å². The average molecular weight is 481 g/mol. The van der Waals surface area contributed by atoms with Crippen molar-refractivity contribution < 1.29 is 14.3 Å². The zero-order valence-corrected chi connectivity index (χ0v) is 19.2. The van der Waals surface area contributed by atoms with Crippen molar-refractivity contribution in [2.75, 3.05) is 17.2 Å². The molecule has 0 bridgehead atoms. The lowest BCUT2D eigenvalue weighted by atomic mass is 10.1. The van der Waals surface area contributed by atoms with E-state index in [9.17, 15) is 9.59 Å². The zero-order valence-electron chi connectivity index (χ0n) is 17.6. The Morgan fingerprint density at radius 2 is 1.58 bits per heavy atom. The van der Waals surface area contributed by atoms with Crippen LogP contribution >= 0.6 is 15.9 Å². The molecule has 0 atom stereocenters. The zero-order chi connectivity index (χ0) is 22.2. The molecular formula is C25H25BrN2O3. The molecule has 0 aliphatic heterocycles.